The highest BCUT2D eigenvalue weighted by atomic mass is 32.1. The Morgan fingerprint density at radius 1 is 1.30 bits per heavy atom. The maximum absolute atomic E-state index is 12.0. The summed E-state index contributed by atoms with van der Waals surface area (Å²) in [6.07, 6.45) is 1.43. The number of hydrogen-bond donors (Lipinski definition) is 2. The molecule has 2 N–H and O–H groups in total. The Kier molecular flexibility index (Phi) is 4.39. The van der Waals surface area contributed by atoms with Gasteiger partial charge in [0, 0.05) is 18.3 Å². The summed E-state index contributed by atoms with van der Waals surface area (Å²) in [5, 5.41) is 0. The van der Waals surface area contributed by atoms with Crippen LogP contribution in [0.4, 0.5) is 0 Å². The molecule has 108 valence electrons. The standard InChI is InChI=1S/C13H17N3O3S/c1-8-5-6-11(20-8)13(19)15-14-12(18)10-4-3-7-16(10)9(2)17/h5-6,10H,3-4,7H2,1-2H3,(H,14,18)(H,15,19)/t10-/m1/s1. The Labute approximate surface area is 121 Å². The van der Waals surface area contributed by atoms with E-state index in [4.69, 9.17) is 0 Å². The average molecular weight is 295 g/mol. The Hall–Kier alpha value is -1.89. The van der Waals surface area contributed by atoms with Gasteiger partial charge in [0.2, 0.25) is 5.91 Å². The third-order valence-corrected chi connectivity index (χ3v) is 4.22. The molecule has 2 heterocycles. The van der Waals surface area contributed by atoms with Gasteiger partial charge in [-0.3, -0.25) is 25.2 Å². The molecule has 1 atom stereocenters. The molecule has 1 aliphatic rings. The zero-order valence-electron chi connectivity index (χ0n) is 11.4. The van der Waals surface area contributed by atoms with Gasteiger partial charge in [0.1, 0.15) is 6.04 Å². The molecular formula is C13H17N3O3S. The lowest BCUT2D eigenvalue weighted by Gasteiger charge is -2.22. The number of thiophene rings is 1. The second kappa shape index (κ2) is 6.04. The first-order valence-electron chi connectivity index (χ1n) is 6.43. The number of nitrogens with one attached hydrogen (secondary N) is 2. The lowest BCUT2D eigenvalue weighted by molar-refractivity contribution is -0.137. The fourth-order valence-electron chi connectivity index (χ4n) is 2.24. The average Bonchev–Trinajstić information content (AvgIpc) is 3.03. The van der Waals surface area contributed by atoms with E-state index in [2.05, 4.69) is 10.9 Å². The molecule has 1 aromatic heterocycles. The quantitative estimate of drug-likeness (QED) is 0.793. The second-order valence-electron chi connectivity index (χ2n) is 4.72. The molecule has 0 bridgehead atoms. The SMILES string of the molecule is CC(=O)N1CCC[C@@H]1C(=O)NNC(=O)c1ccc(C)s1. The van der Waals surface area contributed by atoms with Crippen LogP contribution in [0, 0.1) is 6.92 Å². The fraction of sp³-hybridized carbons (Fsp3) is 0.462. The van der Waals surface area contributed by atoms with Crippen LogP contribution in [0.25, 0.3) is 0 Å². The summed E-state index contributed by atoms with van der Waals surface area (Å²) in [5.41, 5.74) is 4.77. The van der Waals surface area contributed by atoms with E-state index in [1.165, 1.54) is 23.2 Å². The van der Waals surface area contributed by atoms with E-state index in [-0.39, 0.29) is 17.7 Å². The number of likely N-dealkylation sites (tertiary alicyclic amines) is 1. The summed E-state index contributed by atoms with van der Waals surface area (Å²) in [6, 6.07) is 3.06. The van der Waals surface area contributed by atoms with E-state index in [1.807, 2.05) is 13.0 Å². The molecule has 1 saturated heterocycles. The number of carbonyl (C=O) groups is 3. The zero-order chi connectivity index (χ0) is 14.7. The number of hydrogen-bond acceptors (Lipinski definition) is 4. The van der Waals surface area contributed by atoms with E-state index in [0.717, 1.165) is 11.3 Å². The van der Waals surface area contributed by atoms with Gasteiger partial charge >= 0.3 is 0 Å². The summed E-state index contributed by atoms with van der Waals surface area (Å²) < 4.78 is 0. The molecule has 3 amide bonds. The molecule has 0 aliphatic carbocycles. The van der Waals surface area contributed by atoms with Crippen LogP contribution in [0.15, 0.2) is 12.1 Å². The van der Waals surface area contributed by atoms with Crippen LogP contribution < -0.4 is 10.9 Å². The molecule has 0 radical (unpaired) electrons. The summed E-state index contributed by atoms with van der Waals surface area (Å²) in [7, 11) is 0. The predicted molar refractivity (Wildman–Crippen MR) is 75.1 cm³/mol. The summed E-state index contributed by atoms with van der Waals surface area (Å²) in [5.74, 6) is -0.814. The lowest BCUT2D eigenvalue weighted by atomic mass is 10.2. The van der Waals surface area contributed by atoms with Gasteiger partial charge in [-0.1, -0.05) is 0 Å². The van der Waals surface area contributed by atoms with Gasteiger partial charge in [-0.2, -0.15) is 0 Å². The van der Waals surface area contributed by atoms with Crippen molar-refractivity contribution in [3.8, 4) is 0 Å². The van der Waals surface area contributed by atoms with Crippen LogP contribution in [0.2, 0.25) is 0 Å². The highest BCUT2D eigenvalue weighted by Crippen LogP contribution is 2.17. The van der Waals surface area contributed by atoms with Crippen molar-refractivity contribution in [2.75, 3.05) is 6.54 Å². The molecule has 0 spiro atoms. The summed E-state index contributed by atoms with van der Waals surface area (Å²) in [4.78, 5) is 38.3. The largest absolute Gasteiger partial charge is 0.331 e. The molecule has 0 unspecified atom stereocenters. The van der Waals surface area contributed by atoms with Gasteiger partial charge in [0.15, 0.2) is 0 Å². The monoisotopic (exact) mass is 295 g/mol. The van der Waals surface area contributed by atoms with Crippen molar-refractivity contribution in [2.24, 2.45) is 0 Å². The number of carbonyl (C=O) groups excluding carboxylic acids is 3. The maximum atomic E-state index is 12.0. The van der Waals surface area contributed by atoms with Crippen molar-refractivity contribution in [3.05, 3.63) is 21.9 Å². The van der Waals surface area contributed by atoms with Gasteiger partial charge in [-0.05, 0) is 31.9 Å². The molecule has 20 heavy (non-hydrogen) atoms. The topological polar surface area (TPSA) is 78.5 Å². The smallest absolute Gasteiger partial charge is 0.279 e. The highest BCUT2D eigenvalue weighted by Gasteiger charge is 2.32. The normalized spacial score (nSPS) is 17.9. The van der Waals surface area contributed by atoms with Crippen LogP contribution in [0.5, 0.6) is 0 Å². The van der Waals surface area contributed by atoms with E-state index in [9.17, 15) is 14.4 Å². The van der Waals surface area contributed by atoms with Gasteiger partial charge in [0.05, 0.1) is 4.88 Å². The fourth-order valence-corrected chi connectivity index (χ4v) is 3.00. The van der Waals surface area contributed by atoms with Gasteiger partial charge in [0.25, 0.3) is 11.8 Å². The number of aryl methyl sites for hydroxylation is 1. The van der Waals surface area contributed by atoms with Gasteiger partial charge in [-0.15, -0.1) is 11.3 Å². The Morgan fingerprint density at radius 2 is 2.05 bits per heavy atom. The van der Waals surface area contributed by atoms with Crippen LogP contribution in [-0.4, -0.2) is 35.2 Å². The van der Waals surface area contributed by atoms with Gasteiger partial charge in [-0.25, -0.2) is 0 Å². The molecule has 0 saturated carbocycles. The first-order chi connectivity index (χ1) is 9.49. The minimum atomic E-state index is -0.488. The van der Waals surface area contributed by atoms with E-state index >= 15 is 0 Å². The van der Waals surface area contributed by atoms with Gasteiger partial charge < -0.3 is 4.90 Å². The van der Waals surface area contributed by atoms with E-state index < -0.39 is 6.04 Å². The Balaban J connectivity index is 1.89. The van der Waals surface area contributed by atoms with Crippen LogP contribution in [0.3, 0.4) is 0 Å². The van der Waals surface area contributed by atoms with Crippen molar-refractivity contribution in [1.82, 2.24) is 15.8 Å². The molecule has 7 heteroatoms. The van der Waals surface area contributed by atoms with Crippen LogP contribution in [-0.2, 0) is 9.59 Å². The van der Waals surface area contributed by atoms with Crippen molar-refractivity contribution in [1.29, 1.82) is 0 Å². The maximum Gasteiger partial charge on any atom is 0.279 e. The lowest BCUT2D eigenvalue weighted by Crippen LogP contribution is -2.51. The summed E-state index contributed by atoms with van der Waals surface area (Å²) in [6.45, 7) is 3.94. The third-order valence-electron chi connectivity index (χ3n) is 3.22. The van der Waals surface area contributed by atoms with Crippen LogP contribution >= 0.6 is 11.3 Å². The molecule has 6 nitrogen and oxygen atoms in total. The molecule has 1 aliphatic heterocycles. The molecule has 2 rings (SSSR count). The molecule has 1 fully saturated rings. The second-order valence-corrected chi connectivity index (χ2v) is 6.01. The zero-order valence-corrected chi connectivity index (χ0v) is 12.3. The Morgan fingerprint density at radius 3 is 2.65 bits per heavy atom. The predicted octanol–water partition coefficient (Wildman–Crippen LogP) is 0.828. The van der Waals surface area contributed by atoms with Crippen molar-refractivity contribution < 1.29 is 14.4 Å². The van der Waals surface area contributed by atoms with Crippen molar-refractivity contribution in [2.45, 2.75) is 32.7 Å². The number of rotatable bonds is 2. The molecule has 0 aromatic carbocycles. The minimum Gasteiger partial charge on any atom is -0.331 e. The van der Waals surface area contributed by atoms with Crippen molar-refractivity contribution >= 4 is 29.1 Å². The third kappa shape index (κ3) is 3.16. The number of amides is 3. The van der Waals surface area contributed by atoms with E-state index in [0.29, 0.717) is 17.8 Å². The van der Waals surface area contributed by atoms with Crippen molar-refractivity contribution in [3.63, 3.8) is 0 Å². The highest BCUT2D eigenvalue weighted by molar-refractivity contribution is 7.13. The molecular weight excluding hydrogens is 278 g/mol. The Bertz CT molecular complexity index is 541. The van der Waals surface area contributed by atoms with E-state index in [1.54, 1.807) is 6.07 Å². The number of hydrazine groups is 1. The number of nitrogens with zero attached hydrogens (tertiary/aromatic N) is 1. The molecule has 1 aromatic rings. The minimum absolute atomic E-state index is 0.122. The first kappa shape index (κ1) is 14.5. The summed E-state index contributed by atoms with van der Waals surface area (Å²) >= 11 is 1.36. The first-order valence-corrected chi connectivity index (χ1v) is 7.24. The van der Waals surface area contributed by atoms with Crippen LogP contribution in [0.1, 0.15) is 34.3 Å².